The number of H-pyrrole nitrogens is 1. The van der Waals surface area contributed by atoms with Crippen LogP contribution >= 0.6 is 0 Å². The third kappa shape index (κ3) is 4.09. The number of para-hydroxylation sites is 1. The van der Waals surface area contributed by atoms with Crippen LogP contribution in [0.15, 0.2) is 36.5 Å². The minimum absolute atomic E-state index is 0.0437. The van der Waals surface area contributed by atoms with E-state index in [4.69, 9.17) is 4.74 Å². The highest BCUT2D eigenvalue weighted by Crippen LogP contribution is 2.18. The zero-order valence-corrected chi connectivity index (χ0v) is 15.4. The second kappa shape index (κ2) is 7.75. The average molecular weight is 365 g/mol. The van der Waals surface area contributed by atoms with Gasteiger partial charge in [0.1, 0.15) is 11.6 Å². The number of aryl methyl sites for hydroxylation is 1. The number of carbonyl (C=O) groups is 1. The molecular weight excluding hydrogens is 342 g/mol. The summed E-state index contributed by atoms with van der Waals surface area (Å²) in [5.74, 6) is 1.48. The molecular formula is C20H23N5O2. The summed E-state index contributed by atoms with van der Waals surface area (Å²) in [7, 11) is 0. The molecule has 2 N–H and O–H groups in total. The summed E-state index contributed by atoms with van der Waals surface area (Å²) in [5, 5.41) is 4.02. The van der Waals surface area contributed by atoms with E-state index >= 15 is 0 Å². The van der Waals surface area contributed by atoms with Crippen molar-refractivity contribution < 1.29 is 9.53 Å². The maximum atomic E-state index is 12.4. The average Bonchev–Trinajstić information content (AvgIpc) is 3.10. The fourth-order valence-corrected chi connectivity index (χ4v) is 3.34. The van der Waals surface area contributed by atoms with Crippen LogP contribution in [0.25, 0.3) is 10.9 Å². The van der Waals surface area contributed by atoms with Gasteiger partial charge in [0.05, 0.1) is 26.2 Å². The maximum absolute atomic E-state index is 12.4. The summed E-state index contributed by atoms with van der Waals surface area (Å²) >= 11 is 0. The molecule has 27 heavy (non-hydrogen) atoms. The van der Waals surface area contributed by atoms with Gasteiger partial charge in [-0.15, -0.1) is 0 Å². The second-order valence-corrected chi connectivity index (χ2v) is 6.70. The molecule has 0 spiro atoms. The van der Waals surface area contributed by atoms with Crippen LogP contribution in [0, 0.1) is 6.92 Å². The molecule has 0 aliphatic carbocycles. The van der Waals surface area contributed by atoms with Crippen LogP contribution in [-0.2, 0) is 22.5 Å². The highest BCUT2D eigenvalue weighted by molar-refractivity contribution is 5.88. The van der Waals surface area contributed by atoms with Crippen molar-refractivity contribution in [3.8, 4) is 0 Å². The Morgan fingerprint density at radius 2 is 2.07 bits per heavy atom. The Morgan fingerprint density at radius 1 is 1.26 bits per heavy atom. The van der Waals surface area contributed by atoms with Crippen LogP contribution in [0.5, 0.6) is 0 Å². The fourth-order valence-electron chi connectivity index (χ4n) is 3.34. The van der Waals surface area contributed by atoms with E-state index in [9.17, 15) is 4.79 Å². The lowest BCUT2D eigenvalue weighted by Gasteiger charge is -2.28. The minimum Gasteiger partial charge on any atom is -0.378 e. The molecule has 1 aliphatic rings. The lowest BCUT2D eigenvalue weighted by Crippen LogP contribution is -2.37. The summed E-state index contributed by atoms with van der Waals surface area (Å²) in [6, 6.07) is 9.95. The number of aromatic nitrogens is 3. The molecule has 1 aromatic carbocycles. The molecule has 1 aliphatic heterocycles. The van der Waals surface area contributed by atoms with Crippen molar-refractivity contribution in [2.75, 3.05) is 31.2 Å². The number of anilines is 1. The fraction of sp³-hybridized carbons (Fsp3) is 0.350. The smallest absolute Gasteiger partial charge is 0.224 e. The quantitative estimate of drug-likeness (QED) is 0.722. The highest BCUT2D eigenvalue weighted by atomic mass is 16.5. The van der Waals surface area contributed by atoms with Gasteiger partial charge in [0.2, 0.25) is 5.91 Å². The molecule has 7 heteroatoms. The zero-order chi connectivity index (χ0) is 18.6. The summed E-state index contributed by atoms with van der Waals surface area (Å²) < 4.78 is 5.40. The number of amides is 1. The molecule has 2 aromatic heterocycles. The van der Waals surface area contributed by atoms with Crippen LogP contribution in [0.2, 0.25) is 0 Å². The molecule has 0 radical (unpaired) electrons. The van der Waals surface area contributed by atoms with E-state index in [1.807, 2.05) is 43.5 Å². The summed E-state index contributed by atoms with van der Waals surface area (Å²) in [5.41, 5.74) is 2.92. The van der Waals surface area contributed by atoms with Crippen molar-refractivity contribution in [1.29, 1.82) is 0 Å². The van der Waals surface area contributed by atoms with E-state index in [0.29, 0.717) is 32.0 Å². The number of rotatable bonds is 5. The number of aromatic amines is 1. The van der Waals surface area contributed by atoms with Crippen molar-refractivity contribution in [3.05, 3.63) is 53.6 Å². The van der Waals surface area contributed by atoms with E-state index < -0.39 is 0 Å². The van der Waals surface area contributed by atoms with Crippen LogP contribution < -0.4 is 10.2 Å². The number of hydrogen-bond acceptors (Lipinski definition) is 5. The van der Waals surface area contributed by atoms with Crippen LogP contribution in [0.3, 0.4) is 0 Å². The Kier molecular flexibility index (Phi) is 5.02. The van der Waals surface area contributed by atoms with Gasteiger partial charge in [0, 0.05) is 41.9 Å². The summed E-state index contributed by atoms with van der Waals surface area (Å²) in [6.45, 7) is 5.33. The number of ether oxygens (including phenoxy) is 1. The first-order valence-corrected chi connectivity index (χ1v) is 9.18. The number of nitrogens with one attached hydrogen (secondary N) is 2. The van der Waals surface area contributed by atoms with E-state index in [0.717, 1.165) is 41.1 Å². The number of fused-ring (bicyclic) bond motifs is 1. The largest absolute Gasteiger partial charge is 0.378 e. The normalized spacial score (nSPS) is 14.5. The third-order valence-corrected chi connectivity index (χ3v) is 4.69. The monoisotopic (exact) mass is 365 g/mol. The van der Waals surface area contributed by atoms with Crippen LogP contribution in [-0.4, -0.2) is 47.2 Å². The van der Waals surface area contributed by atoms with Crippen molar-refractivity contribution >= 4 is 22.6 Å². The van der Waals surface area contributed by atoms with Crippen molar-refractivity contribution in [1.82, 2.24) is 20.3 Å². The predicted molar refractivity (Wildman–Crippen MR) is 104 cm³/mol. The lowest BCUT2D eigenvalue weighted by atomic mass is 10.1. The number of carbonyl (C=O) groups excluding carboxylic acids is 1. The van der Waals surface area contributed by atoms with Crippen molar-refractivity contribution in [2.24, 2.45) is 0 Å². The predicted octanol–water partition coefficient (Wildman–Crippen LogP) is 1.96. The van der Waals surface area contributed by atoms with Crippen molar-refractivity contribution in [2.45, 2.75) is 19.9 Å². The first kappa shape index (κ1) is 17.5. The van der Waals surface area contributed by atoms with Crippen LogP contribution in [0.4, 0.5) is 5.82 Å². The SMILES string of the molecule is Cc1cc(N2CCOCC2)nc(CNC(=O)Cc2c[nH]c3ccccc23)n1. The third-order valence-electron chi connectivity index (χ3n) is 4.69. The van der Waals surface area contributed by atoms with E-state index in [2.05, 4.69) is 25.2 Å². The first-order valence-electron chi connectivity index (χ1n) is 9.18. The van der Waals surface area contributed by atoms with Gasteiger partial charge >= 0.3 is 0 Å². The lowest BCUT2D eigenvalue weighted by molar-refractivity contribution is -0.120. The van der Waals surface area contributed by atoms with E-state index in [1.165, 1.54) is 0 Å². The molecule has 1 amide bonds. The van der Waals surface area contributed by atoms with E-state index in [1.54, 1.807) is 0 Å². The molecule has 0 unspecified atom stereocenters. The Hall–Kier alpha value is -2.93. The molecule has 7 nitrogen and oxygen atoms in total. The topological polar surface area (TPSA) is 83.1 Å². The van der Waals surface area contributed by atoms with Crippen LogP contribution in [0.1, 0.15) is 17.1 Å². The summed E-state index contributed by atoms with van der Waals surface area (Å²) in [6.07, 6.45) is 2.22. The van der Waals surface area contributed by atoms with Crippen molar-refractivity contribution in [3.63, 3.8) is 0 Å². The molecule has 0 bridgehead atoms. The molecule has 140 valence electrons. The molecule has 3 heterocycles. The van der Waals surface area contributed by atoms with E-state index in [-0.39, 0.29) is 5.91 Å². The standard InChI is InChI=1S/C20H23N5O2/c1-14-10-19(25-6-8-27-9-7-25)24-18(23-14)13-22-20(26)11-15-12-21-17-5-3-2-4-16(15)17/h2-5,10,12,21H,6-9,11,13H2,1H3,(H,22,26). The molecule has 0 saturated carbocycles. The molecule has 0 atom stereocenters. The molecule has 1 fully saturated rings. The zero-order valence-electron chi connectivity index (χ0n) is 15.4. The maximum Gasteiger partial charge on any atom is 0.224 e. The van der Waals surface area contributed by atoms with Gasteiger partial charge in [-0.25, -0.2) is 9.97 Å². The minimum atomic E-state index is -0.0437. The first-order chi connectivity index (χ1) is 13.2. The summed E-state index contributed by atoms with van der Waals surface area (Å²) in [4.78, 5) is 26.9. The second-order valence-electron chi connectivity index (χ2n) is 6.70. The Labute approximate surface area is 157 Å². The van der Waals surface area contributed by atoms with Gasteiger partial charge in [0.15, 0.2) is 0 Å². The van der Waals surface area contributed by atoms with Gasteiger partial charge in [-0.05, 0) is 18.6 Å². The van der Waals surface area contributed by atoms with Gasteiger partial charge in [-0.2, -0.15) is 0 Å². The highest BCUT2D eigenvalue weighted by Gasteiger charge is 2.15. The van der Waals surface area contributed by atoms with Gasteiger partial charge in [-0.3, -0.25) is 4.79 Å². The Bertz CT molecular complexity index is 946. The Morgan fingerprint density at radius 3 is 2.93 bits per heavy atom. The number of benzene rings is 1. The number of morpholine rings is 1. The Balaban J connectivity index is 1.40. The number of nitrogens with zero attached hydrogens (tertiary/aromatic N) is 3. The van der Waals surface area contributed by atoms with Gasteiger partial charge in [0.25, 0.3) is 0 Å². The molecule has 1 saturated heterocycles. The van der Waals surface area contributed by atoms with Gasteiger partial charge in [-0.1, -0.05) is 18.2 Å². The number of hydrogen-bond donors (Lipinski definition) is 2. The molecule has 4 rings (SSSR count). The molecule has 3 aromatic rings. The van der Waals surface area contributed by atoms with Gasteiger partial charge < -0.3 is 19.9 Å².